The van der Waals surface area contributed by atoms with Gasteiger partial charge >= 0.3 is 0 Å². The molecule has 0 saturated carbocycles. The maximum Gasteiger partial charge on any atom is 0.240 e. The average molecular weight is 216 g/mol. The van der Waals surface area contributed by atoms with E-state index in [0.29, 0.717) is 17.3 Å². The number of hydrogen-bond acceptors (Lipinski definition) is 4. The van der Waals surface area contributed by atoms with Crippen molar-refractivity contribution in [3.05, 3.63) is 12.3 Å². The fourth-order valence-corrected chi connectivity index (χ4v) is 0.941. The third-order valence-electron chi connectivity index (χ3n) is 1.47. The van der Waals surface area contributed by atoms with Crippen LogP contribution in [-0.2, 0) is 4.79 Å². The van der Waals surface area contributed by atoms with Crippen molar-refractivity contribution in [2.45, 2.75) is 0 Å². The number of methoxy groups -OCH3 is 1. The number of nitrogens with two attached hydrogens (primary N) is 1. The lowest BCUT2D eigenvalue weighted by molar-refractivity contribution is -0.114. The van der Waals surface area contributed by atoms with Crippen LogP contribution in [-0.4, -0.2) is 23.9 Å². The highest BCUT2D eigenvalue weighted by atomic mass is 35.5. The van der Waals surface area contributed by atoms with Gasteiger partial charge < -0.3 is 15.8 Å². The van der Waals surface area contributed by atoms with Crippen molar-refractivity contribution in [3.63, 3.8) is 0 Å². The zero-order chi connectivity index (χ0) is 10.6. The Hall–Kier alpha value is -1.49. The summed E-state index contributed by atoms with van der Waals surface area (Å²) in [6, 6.07) is 1.57. The van der Waals surface area contributed by atoms with E-state index in [1.54, 1.807) is 6.07 Å². The van der Waals surface area contributed by atoms with E-state index in [-0.39, 0.29) is 11.8 Å². The lowest BCUT2D eigenvalue weighted by Gasteiger charge is -2.08. The van der Waals surface area contributed by atoms with Gasteiger partial charge in [-0.3, -0.25) is 4.79 Å². The standard InChI is InChI=1S/C8H10ClN3O2/c1-14-6-2-5(10)4-11-8(6)12-7(13)3-9/h2,4H,3,10H2,1H3,(H,11,12,13). The van der Waals surface area contributed by atoms with Crippen molar-refractivity contribution >= 4 is 29.0 Å². The number of amides is 1. The SMILES string of the molecule is COc1cc(N)cnc1NC(=O)CCl. The number of nitrogens with zero attached hydrogens (tertiary/aromatic N) is 1. The molecule has 0 atom stereocenters. The predicted molar refractivity (Wildman–Crippen MR) is 54.6 cm³/mol. The minimum atomic E-state index is -0.345. The van der Waals surface area contributed by atoms with Crippen LogP contribution < -0.4 is 15.8 Å². The first-order valence-electron chi connectivity index (χ1n) is 3.82. The van der Waals surface area contributed by atoms with Crippen molar-refractivity contribution in [1.29, 1.82) is 0 Å². The van der Waals surface area contributed by atoms with Gasteiger partial charge in [0, 0.05) is 6.07 Å². The van der Waals surface area contributed by atoms with Crippen LogP contribution in [0.25, 0.3) is 0 Å². The summed E-state index contributed by atoms with van der Waals surface area (Å²) in [5, 5.41) is 2.48. The number of carbonyl (C=O) groups excluding carboxylic acids is 1. The van der Waals surface area contributed by atoms with Gasteiger partial charge in [0.15, 0.2) is 11.6 Å². The first-order chi connectivity index (χ1) is 6.67. The molecule has 0 aliphatic rings. The Labute approximate surface area is 86.2 Å². The highest BCUT2D eigenvalue weighted by Crippen LogP contribution is 2.23. The van der Waals surface area contributed by atoms with Crippen molar-refractivity contribution < 1.29 is 9.53 Å². The third-order valence-corrected chi connectivity index (χ3v) is 1.72. The molecule has 1 rings (SSSR count). The van der Waals surface area contributed by atoms with Gasteiger partial charge in [-0.05, 0) is 0 Å². The van der Waals surface area contributed by atoms with Gasteiger partial charge in [-0.2, -0.15) is 0 Å². The largest absolute Gasteiger partial charge is 0.493 e. The van der Waals surface area contributed by atoms with E-state index in [2.05, 4.69) is 10.3 Å². The molecule has 0 aliphatic heterocycles. The highest BCUT2D eigenvalue weighted by molar-refractivity contribution is 6.29. The first-order valence-corrected chi connectivity index (χ1v) is 4.36. The quantitative estimate of drug-likeness (QED) is 0.733. The first kappa shape index (κ1) is 10.6. The number of alkyl halides is 1. The van der Waals surface area contributed by atoms with Crippen molar-refractivity contribution in [3.8, 4) is 5.75 Å². The Morgan fingerprint density at radius 1 is 1.79 bits per heavy atom. The van der Waals surface area contributed by atoms with Crippen LogP contribution >= 0.6 is 11.6 Å². The molecule has 0 unspecified atom stereocenters. The number of anilines is 2. The van der Waals surface area contributed by atoms with E-state index >= 15 is 0 Å². The molecule has 1 heterocycles. The van der Waals surface area contributed by atoms with Crippen LogP contribution in [0, 0.1) is 0 Å². The minimum Gasteiger partial charge on any atom is -0.493 e. The summed E-state index contributed by atoms with van der Waals surface area (Å²) in [4.78, 5) is 14.9. The van der Waals surface area contributed by atoms with Crippen LogP contribution in [0.15, 0.2) is 12.3 Å². The van der Waals surface area contributed by atoms with E-state index < -0.39 is 0 Å². The minimum absolute atomic E-state index is 0.130. The predicted octanol–water partition coefficient (Wildman–Crippen LogP) is 0.850. The molecule has 5 nitrogen and oxygen atoms in total. The molecule has 0 bridgehead atoms. The third kappa shape index (κ3) is 2.50. The second-order valence-corrected chi connectivity index (χ2v) is 2.77. The van der Waals surface area contributed by atoms with Gasteiger partial charge in [-0.15, -0.1) is 11.6 Å². The molecule has 1 amide bonds. The molecule has 0 spiro atoms. The number of hydrogen-bond donors (Lipinski definition) is 2. The van der Waals surface area contributed by atoms with Gasteiger partial charge in [-0.25, -0.2) is 4.98 Å². The van der Waals surface area contributed by atoms with E-state index in [9.17, 15) is 4.79 Å². The zero-order valence-electron chi connectivity index (χ0n) is 7.58. The monoisotopic (exact) mass is 215 g/mol. The number of carbonyl (C=O) groups is 1. The second-order valence-electron chi connectivity index (χ2n) is 2.50. The molecule has 0 fully saturated rings. The van der Waals surface area contributed by atoms with Crippen molar-refractivity contribution in [1.82, 2.24) is 4.98 Å². The fourth-order valence-electron chi connectivity index (χ4n) is 0.875. The van der Waals surface area contributed by atoms with Gasteiger partial charge in [0.2, 0.25) is 5.91 Å². The average Bonchev–Trinajstić information content (AvgIpc) is 2.20. The van der Waals surface area contributed by atoms with E-state index in [1.807, 2.05) is 0 Å². The molecule has 14 heavy (non-hydrogen) atoms. The van der Waals surface area contributed by atoms with Gasteiger partial charge in [-0.1, -0.05) is 0 Å². The lowest BCUT2D eigenvalue weighted by atomic mass is 10.4. The Kier molecular flexibility index (Phi) is 3.53. The van der Waals surface area contributed by atoms with Crippen molar-refractivity contribution in [2.75, 3.05) is 24.0 Å². The molecule has 1 aromatic heterocycles. The Balaban J connectivity index is 2.90. The van der Waals surface area contributed by atoms with E-state index in [0.717, 1.165) is 0 Å². The molecule has 0 saturated heterocycles. The summed E-state index contributed by atoms with van der Waals surface area (Å²) >= 11 is 5.32. The molecule has 0 radical (unpaired) electrons. The summed E-state index contributed by atoms with van der Waals surface area (Å²) in [7, 11) is 1.47. The van der Waals surface area contributed by atoms with Gasteiger partial charge in [0.25, 0.3) is 0 Å². The molecule has 1 aromatic rings. The highest BCUT2D eigenvalue weighted by Gasteiger charge is 2.07. The summed E-state index contributed by atoms with van der Waals surface area (Å²) in [5.41, 5.74) is 5.95. The number of ether oxygens (including phenoxy) is 1. The summed E-state index contributed by atoms with van der Waals surface area (Å²) < 4.78 is 4.97. The molecule has 6 heteroatoms. The van der Waals surface area contributed by atoms with Crippen LogP contribution in [0.5, 0.6) is 5.75 Å². The number of nitrogens with one attached hydrogen (secondary N) is 1. The Morgan fingerprint density at radius 3 is 3.07 bits per heavy atom. The molecular weight excluding hydrogens is 206 g/mol. The Morgan fingerprint density at radius 2 is 2.50 bits per heavy atom. The zero-order valence-corrected chi connectivity index (χ0v) is 8.34. The molecule has 76 valence electrons. The van der Waals surface area contributed by atoms with Crippen molar-refractivity contribution in [2.24, 2.45) is 0 Å². The number of halogens is 1. The van der Waals surface area contributed by atoms with Gasteiger partial charge in [0.05, 0.1) is 19.0 Å². The molecule has 0 aromatic carbocycles. The van der Waals surface area contributed by atoms with E-state index in [4.69, 9.17) is 22.1 Å². The molecule has 0 aliphatic carbocycles. The van der Waals surface area contributed by atoms with E-state index in [1.165, 1.54) is 13.3 Å². The summed E-state index contributed by atoms with van der Waals surface area (Å²) in [6.45, 7) is 0. The van der Waals surface area contributed by atoms with Crippen LogP contribution in [0.4, 0.5) is 11.5 Å². The Bertz CT molecular complexity index is 343. The van der Waals surface area contributed by atoms with Crippen LogP contribution in [0.1, 0.15) is 0 Å². The number of rotatable bonds is 3. The number of aromatic nitrogens is 1. The second kappa shape index (κ2) is 4.66. The van der Waals surface area contributed by atoms with Gasteiger partial charge in [0.1, 0.15) is 5.88 Å². The fraction of sp³-hybridized carbons (Fsp3) is 0.250. The summed E-state index contributed by atoms with van der Waals surface area (Å²) in [6.07, 6.45) is 1.42. The van der Waals surface area contributed by atoms with Crippen LogP contribution in [0.3, 0.4) is 0 Å². The topological polar surface area (TPSA) is 77.2 Å². The van der Waals surface area contributed by atoms with Crippen LogP contribution in [0.2, 0.25) is 0 Å². The summed E-state index contributed by atoms with van der Waals surface area (Å²) in [5.74, 6) is 0.243. The maximum absolute atomic E-state index is 11.0. The number of nitrogen functional groups attached to an aromatic ring is 1. The lowest BCUT2D eigenvalue weighted by Crippen LogP contribution is -2.14. The molecule has 3 N–H and O–H groups in total. The molecular formula is C8H10ClN3O2. The normalized spacial score (nSPS) is 9.57. The smallest absolute Gasteiger partial charge is 0.240 e. The maximum atomic E-state index is 11.0. The number of pyridine rings is 1.